The fourth-order valence-corrected chi connectivity index (χ4v) is 2.44. The number of ether oxygens (including phenoxy) is 2. The minimum atomic E-state index is -1.39. The van der Waals surface area contributed by atoms with E-state index in [2.05, 4.69) is 0 Å². The van der Waals surface area contributed by atoms with Crippen molar-refractivity contribution in [2.45, 2.75) is 26.7 Å². The Hall–Kier alpha value is -1.65. The monoisotopic (exact) mass is 254 g/mol. The molecule has 1 rings (SSSR count). The second-order valence-corrected chi connectivity index (χ2v) is 4.67. The summed E-state index contributed by atoms with van der Waals surface area (Å²) in [5.41, 5.74) is -0.914. The van der Waals surface area contributed by atoms with Gasteiger partial charge in [0.15, 0.2) is 11.2 Å². The lowest BCUT2D eigenvalue weighted by Gasteiger charge is -2.34. The predicted octanol–water partition coefficient (Wildman–Crippen LogP) is 1.26. The van der Waals surface area contributed by atoms with Gasteiger partial charge in [0.2, 0.25) is 0 Å². The van der Waals surface area contributed by atoms with E-state index < -0.39 is 17.4 Å². The van der Waals surface area contributed by atoms with Gasteiger partial charge in [-0.25, -0.2) is 0 Å². The van der Waals surface area contributed by atoms with Crippen LogP contribution >= 0.6 is 0 Å². The van der Waals surface area contributed by atoms with Crippen LogP contribution in [0.25, 0.3) is 0 Å². The first-order chi connectivity index (χ1) is 8.37. The van der Waals surface area contributed by atoms with Crippen LogP contribution in [0.15, 0.2) is 11.6 Å². The lowest BCUT2D eigenvalue weighted by Crippen LogP contribution is -2.45. The standard InChI is InChI=1S/C13H18O5/c1-8-5-10(9(2)14)7-13(6-8,11(15)17-3)12(16)18-4/h5,8H,6-7H2,1-4H3. The molecule has 0 heterocycles. The lowest BCUT2D eigenvalue weighted by molar-refractivity contribution is -0.170. The first kappa shape index (κ1) is 14.4. The quantitative estimate of drug-likeness (QED) is 0.560. The zero-order valence-corrected chi connectivity index (χ0v) is 11.1. The van der Waals surface area contributed by atoms with E-state index in [1.165, 1.54) is 21.1 Å². The summed E-state index contributed by atoms with van der Waals surface area (Å²) < 4.78 is 9.43. The summed E-state index contributed by atoms with van der Waals surface area (Å²) in [5.74, 6) is -1.49. The van der Waals surface area contributed by atoms with E-state index in [0.29, 0.717) is 12.0 Å². The largest absolute Gasteiger partial charge is 0.468 e. The third-order valence-electron chi connectivity index (χ3n) is 3.25. The molecular formula is C13H18O5. The van der Waals surface area contributed by atoms with Crippen LogP contribution in [0.1, 0.15) is 26.7 Å². The number of rotatable bonds is 3. The minimum absolute atomic E-state index is 0.0476. The van der Waals surface area contributed by atoms with Crippen LogP contribution in [0.5, 0.6) is 0 Å². The molecule has 0 radical (unpaired) electrons. The third kappa shape index (κ3) is 2.44. The van der Waals surface area contributed by atoms with E-state index >= 15 is 0 Å². The van der Waals surface area contributed by atoms with Crippen molar-refractivity contribution in [1.82, 2.24) is 0 Å². The zero-order chi connectivity index (χ0) is 13.9. The summed E-state index contributed by atoms with van der Waals surface area (Å²) in [7, 11) is 2.45. The molecule has 5 heteroatoms. The van der Waals surface area contributed by atoms with Gasteiger partial charge in [-0.1, -0.05) is 13.0 Å². The summed E-state index contributed by atoms with van der Waals surface area (Å²) in [6, 6.07) is 0. The number of carbonyl (C=O) groups is 3. The molecule has 18 heavy (non-hydrogen) atoms. The van der Waals surface area contributed by atoms with Gasteiger partial charge in [0.1, 0.15) is 0 Å². The van der Waals surface area contributed by atoms with Crippen LogP contribution in [0.4, 0.5) is 0 Å². The predicted molar refractivity (Wildman–Crippen MR) is 63.6 cm³/mol. The number of hydrogen-bond acceptors (Lipinski definition) is 5. The van der Waals surface area contributed by atoms with Gasteiger partial charge >= 0.3 is 11.9 Å². The van der Waals surface area contributed by atoms with Gasteiger partial charge in [0.25, 0.3) is 0 Å². The molecule has 5 nitrogen and oxygen atoms in total. The van der Waals surface area contributed by atoms with Gasteiger partial charge in [-0.05, 0) is 24.8 Å². The number of esters is 2. The van der Waals surface area contributed by atoms with E-state index in [1.54, 1.807) is 6.08 Å². The molecule has 1 aliphatic rings. The SMILES string of the molecule is COC(=O)C1(C(=O)OC)CC(C(C)=O)=CC(C)C1. The Balaban J connectivity index is 3.22. The van der Waals surface area contributed by atoms with Gasteiger partial charge in [-0.15, -0.1) is 0 Å². The van der Waals surface area contributed by atoms with Crippen molar-refractivity contribution in [1.29, 1.82) is 0 Å². The second kappa shape index (κ2) is 5.33. The molecule has 0 fully saturated rings. The number of Topliss-reactive ketones (excluding diaryl/α,β-unsaturated/α-hetero) is 1. The van der Waals surface area contributed by atoms with Crippen molar-refractivity contribution in [3.63, 3.8) is 0 Å². The van der Waals surface area contributed by atoms with E-state index in [4.69, 9.17) is 9.47 Å². The normalized spacial score (nSPS) is 21.8. The summed E-state index contributed by atoms with van der Waals surface area (Å²) in [4.78, 5) is 35.4. The van der Waals surface area contributed by atoms with Crippen LogP contribution in [0.3, 0.4) is 0 Å². The fraction of sp³-hybridized carbons (Fsp3) is 0.615. The molecule has 0 bridgehead atoms. The first-order valence-corrected chi connectivity index (χ1v) is 5.76. The van der Waals surface area contributed by atoms with E-state index in [1.807, 2.05) is 6.92 Å². The molecule has 0 aromatic heterocycles. The van der Waals surface area contributed by atoms with Gasteiger partial charge in [-0.3, -0.25) is 14.4 Å². The van der Waals surface area contributed by atoms with Crippen molar-refractivity contribution in [2.75, 3.05) is 14.2 Å². The Morgan fingerprint density at radius 2 is 1.72 bits per heavy atom. The molecule has 0 N–H and O–H groups in total. The van der Waals surface area contributed by atoms with Crippen LogP contribution in [0, 0.1) is 11.3 Å². The molecule has 0 aromatic carbocycles. The molecule has 0 amide bonds. The minimum Gasteiger partial charge on any atom is -0.468 e. The van der Waals surface area contributed by atoms with Crippen molar-refractivity contribution < 1.29 is 23.9 Å². The van der Waals surface area contributed by atoms with Crippen LogP contribution < -0.4 is 0 Å². The smallest absolute Gasteiger partial charge is 0.323 e. The van der Waals surface area contributed by atoms with Crippen LogP contribution in [-0.2, 0) is 23.9 Å². The molecule has 0 saturated heterocycles. The van der Waals surface area contributed by atoms with E-state index in [0.717, 1.165) is 0 Å². The highest BCUT2D eigenvalue weighted by molar-refractivity contribution is 6.03. The maximum atomic E-state index is 11.9. The molecule has 1 unspecified atom stereocenters. The van der Waals surface area contributed by atoms with E-state index in [9.17, 15) is 14.4 Å². The molecule has 1 aliphatic carbocycles. The Bertz CT molecular complexity index is 392. The molecule has 100 valence electrons. The highest BCUT2D eigenvalue weighted by atomic mass is 16.5. The van der Waals surface area contributed by atoms with Crippen LogP contribution in [-0.4, -0.2) is 31.9 Å². The Morgan fingerprint density at radius 3 is 2.11 bits per heavy atom. The molecule has 1 atom stereocenters. The topological polar surface area (TPSA) is 69.7 Å². The van der Waals surface area contributed by atoms with Crippen molar-refractivity contribution in [3.8, 4) is 0 Å². The third-order valence-corrected chi connectivity index (χ3v) is 3.25. The van der Waals surface area contributed by atoms with Crippen molar-refractivity contribution >= 4 is 17.7 Å². The summed E-state index contributed by atoms with van der Waals surface area (Å²) in [6.07, 6.45) is 2.14. The van der Waals surface area contributed by atoms with Crippen molar-refractivity contribution in [3.05, 3.63) is 11.6 Å². The average molecular weight is 254 g/mol. The van der Waals surface area contributed by atoms with Crippen LogP contribution in [0.2, 0.25) is 0 Å². The second-order valence-electron chi connectivity index (χ2n) is 4.67. The van der Waals surface area contributed by atoms with Crippen molar-refractivity contribution in [2.24, 2.45) is 11.3 Å². The first-order valence-electron chi connectivity index (χ1n) is 5.76. The van der Waals surface area contributed by atoms with Gasteiger partial charge in [0, 0.05) is 6.42 Å². The maximum absolute atomic E-state index is 11.9. The molecule has 0 saturated carbocycles. The van der Waals surface area contributed by atoms with E-state index in [-0.39, 0.29) is 18.1 Å². The number of carbonyl (C=O) groups excluding carboxylic acids is 3. The molecule has 0 spiro atoms. The summed E-state index contributed by atoms with van der Waals surface area (Å²) >= 11 is 0. The fourth-order valence-electron chi connectivity index (χ4n) is 2.44. The van der Waals surface area contributed by atoms with Gasteiger partial charge < -0.3 is 9.47 Å². The highest BCUT2D eigenvalue weighted by Crippen LogP contribution is 2.41. The average Bonchev–Trinajstić information content (AvgIpc) is 2.35. The Labute approximate surface area is 106 Å². The molecular weight excluding hydrogens is 236 g/mol. The van der Waals surface area contributed by atoms with Gasteiger partial charge in [0.05, 0.1) is 14.2 Å². The molecule has 0 aromatic rings. The Morgan fingerprint density at radius 1 is 1.22 bits per heavy atom. The Kier molecular flexibility index (Phi) is 4.27. The number of hydrogen-bond donors (Lipinski definition) is 0. The maximum Gasteiger partial charge on any atom is 0.323 e. The number of allylic oxidation sites excluding steroid dienone is 2. The lowest BCUT2D eigenvalue weighted by atomic mass is 9.69. The number of methoxy groups -OCH3 is 2. The molecule has 0 aliphatic heterocycles. The highest BCUT2D eigenvalue weighted by Gasteiger charge is 2.51. The number of ketones is 1. The summed E-state index contributed by atoms with van der Waals surface area (Å²) in [6.45, 7) is 3.27. The van der Waals surface area contributed by atoms with Gasteiger partial charge in [-0.2, -0.15) is 0 Å². The summed E-state index contributed by atoms with van der Waals surface area (Å²) in [5, 5.41) is 0. The zero-order valence-electron chi connectivity index (χ0n) is 11.1.